The Morgan fingerprint density at radius 1 is 0.944 bits per heavy atom. The van der Waals surface area contributed by atoms with Crippen molar-refractivity contribution in [1.82, 2.24) is 4.90 Å². The number of likely N-dealkylation sites (tertiary alicyclic amines) is 1. The van der Waals surface area contributed by atoms with Crippen LogP contribution in [-0.4, -0.2) is 30.1 Å². The van der Waals surface area contributed by atoms with Crippen LogP contribution in [0.4, 0.5) is 0 Å². The first-order valence-corrected chi connectivity index (χ1v) is 8.24. The largest absolute Gasteiger partial charge is 0.329 e. The summed E-state index contributed by atoms with van der Waals surface area (Å²) in [5, 5.41) is 0. The van der Waals surface area contributed by atoms with Gasteiger partial charge in [0.15, 0.2) is 0 Å². The molecule has 0 amide bonds. The predicted molar refractivity (Wildman–Crippen MR) is 78.6 cm³/mol. The third-order valence-corrected chi connectivity index (χ3v) is 5.58. The molecule has 1 aliphatic carbocycles. The summed E-state index contributed by atoms with van der Waals surface area (Å²) >= 11 is 0. The Labute approximate surface area is 113 Å². The Hall–Kier alpha value is -0.0800. The van der Waals surface area contributed by atoms with Gasteiger partial charge in [0, 0.05) is 18.6 Å². The number of nitrogens with two attached hydrogens (primary N) is 1. The smallest absolute Gasteiger partial charge is 0.0223 e. The van der Waals surface area contributed by atoms with Gasteiger partial charge in [0.1, 0.15) is 0 Å². The van der Waals surface area contributed by atoms with Crippen molar-refractivity contribution < 1.29 is 0 Å². The summed E-state index contributed by atoms with van der Waals surface area (Å²) in [5.41, 5.74) is 6.03. The quantitative estimate of drug-likeness (QED) is 0.831. The van der Waals surface area contributed by atoms with Crippen LogP contribution < -0.4 is 5.73 Å². The molecule has 106 valence electrons. The second kappa shape index (κ2) is 6.91. The van der Waals surface area contributed by atoms with Gasteiger partial charge in [0.05, 0.1) is 0 Å². The molecule has 1 aliphatic heterocycles. The highest BCUT2D eigenvalue weighted by atomic mass is 15.2. The monoisotopic (exact) mass is 252 g/mol. The molecule has 1 saturated heterocycles. The van der Waals surface area contributed by atoms with Crippen molar-refractivity contribution in [3.63, 3.8) is 0 Å². The summed E-state index contributed by atoms with van der Waals surface area (Å²) in [7, 11) is 0. The maximum absolute atomic E-state index is 6.03. The Kier molecular flexibility index (Phi) is 5.50. The normalized spacial score (nSPS) is 38.8. The Balaban J connectivity index is 1.88. The molecule has 2 unspecified atom stereocenters. The summed E-state index contributed by atoms with van der Waals surface area (Å²) in [6.07, 6.45) is 11.2. The van der Waals surface area contributed by atoms with Gasteiger partial charge in [-0.3, -0.25) is 4.90 Å². The molecule has 2 rings (SSSR count). The molecule has 0 aromatic carbocycles. The standard InChI is InChI=1S/C16H32N2/c1-3-13-5-7-15(8-6-13)18-10-9-14(4-2)11-16(18)12-17/h13-16H,3-12,17H2,1-2H3. The number of nitrogens with zero attached hydrogens (tertiary/aromatic N) is 1. The van der Waals surface area contributed by atoms with Crippen molar-refractivity contribution in [2.45, 2.75) is 77.3 Å². The predicted octanol–water partition coefficient (Wildman–Crippen LogP) is 3.40. The van der Waals surface area contributed by atoms with E-state index < -0.39 is 0 Å². The van der Waals surface area contributed by atoms with Crippen LogP contribution in [0.15, 0.2) is 0 Å². The third kappa shape index (κ3) is 3.27. The molecule has 2 N–H and O–H groups in total. The molecule has 1 heterocycles. The van der Waals surface area contributed by atoms with Gasteiger partial charge in [-0.1, -0.05) is 26.7 Å². The van der Waals surface area contributed by atoms with Crippen LogP contribution >= 0.6 is 0 Å². The van der Waals surface area contributed by atoms with Crippen LogP contribution in [0.3, 0.4) is 0 Å². The van der Waals surface area contributed by atoms with Gasteiger partial charge >= 0.3 is 0 Å². The zero-order valence-corrected chi connectivity index (χ0v) is 12.4. The van der Waals surface area contributed by atoms with Gasteiger partial charge in [-0.2, -0.15) is 0 Å². The van der Waals surface area contributed by atoms with E-state index in [1.165, 1.54) is 57.9 Å². The van der Waals surface area contributed by atoms with Crippen LogP contribution in [0.25, 0.3) is 0 Å². The van der Waals surface area contributed by atoms with Crippen LogP contribution in [0.5, 0.6) is 0 Å². The van der Waals surface area contributed by atoms with E-state index in [1.807, 2.05) is 0 Å². The van der Waals surface area contributed by atoms with Crippen LogP contribution in [0.1, 0.15) is 65.2 Å². The number of hydrogen-bond acceptors (Lipinski definition) is 2. The third-order valence-electron chi connectivity index (χ3n) is 5.58. The summed E-state index contributed by atoms with van der Waals surface area (Å²) in [4.78, 5) is 2.78. The van der Waals surface area contributed by atoms with Crippen LogP contribution in [-0.2, 0) is 0 Å². The first-order chi connectivity index (χ1) is 8.78. The number of rotatable bonds is 4. The highest BCUT2D eigenvalue weighted by Crippen LogP contribution is 2.34. The molecule has 18 heavy (non-hydrogen) atoms. The molecule has 2 heteroatoms. The van der Waals surface area contributed by atoms with Crippen molar-refractivity contribution in [2.75, 3.05) is 13.1 Å². The average Bonchev–Trinajstić information content (AvgIpc) is 2.46. The van der Waals surface area contributed by atoms with Crippen molar-refractivity contribution in [3.05, 3.63) is 0 Å². The van der Waals surface area contributed by atoms with Crippen molar-refractivity contribution in [2.24, 2.45) is 17.6 Å². The van der Waals surface area contributed by atoms with E-state index in [-0.39, 0.29) is 0 Å². The van der Waals surface area contributed by atoms with E-state index in [4.69, 9.17) is 5.73 Å². The minimum absolute atomic E-state index is 0.673. The molecular formula is C16H32N2. The van der Waals surface area contributed by atoms with E-state index >= 15 is 0 Å². The number of piperidine rings is 1. The van der Waals surface area contributed by atoms with Crippen molar-refractivity contribution in [3.8, 4) is 0 Å². The average molecular weight is 252 g/mol. The summed E-state index contributed by atoms with van der Waals surface area (Å²) in [6.45, 7) is 6.85. The summed E-state index contributed by atoms with van der Waals surface area (Å²) in [5.74, 6) is 1.94. The molecule has 2 nitrogen and oxygen atoms in total. The highest BCUT2D eigenvalue weighted by Gasteiger charge is 2.33. The van der Waals surface area contributed by atoms with Crippen molar-refractivity contribution in [1.29, 1.82) is 0 Å². The fourth-order valence-electron chi connectivity index (χ4n) is 4.12. The van der Waals surface area contributed by atoms with E-state index in [0.717, 1.165) is 24.4 Å². The molecule has 2 aliphatic rings. The first-order valence-electron chi connectivity index (χ1n) is 8.24. The van der Waals surface area contributed by atoms with Gasteiger partial charge in [-0.15, -0.1) is 0 Å². The minimum atomic E-state index is 0.673. The SMILES string of the molecule is CCC1CCC(N2CCC(CC)CC2CN)CC1. The maximum atomic E-state index is 6.03. The van der Waals surface area contributed by atoms with Gasteiger partial charge in [0.25, 0.3) is 0 Å². The lowest BCUT2D eigenvalue weighted by Gasteiger charge is -2.45. The molecule has 0 bridgehead atoms. The van der Waals surface area contributed by atoms with Gasteiger partial charge in [-0.25, -0.2) is 0 Å². The first kappa shape index (κ1) is 14.3. The molecule has 0 aromatic heterocycles. The molecule has 2 fully saturated rings. The lowest BCUT2D eigenvalue weighted by atomic mass is 9.81. The Morgan fingerprint density at radius 3 is 2.17 bits per heavy atom. The summed E-state index contributed by atoms with van der Waals surface area (Å²) < 4.78 is 0. The fourth-order valence-corrected chi connectivity index (χ4v) is 4.12. The van der Waals surface area contributed by atoms with E-state index in [9.17, 15) is 0 Å². The Morgan fingerprint density at radius 2 is 1.61 bits per heavy atom. The maximum Gasteiger partial charge on any atom is 0.0223 e. The molecule has 2 atom stereocenters. The minimum Gasteiger partial charge on any atom is -0.329 e. The lowest BCUT2D eigenvalue weighted by Crippen LogP contribution is -2.52. The zero-order chi connectivity index (χ0) is 13.0. The summed E-state index contributed by atoms with van der Waals surface area (Å²) in [6, 6.07) is 1.52. The van der Waals surface area contributed by atoms with E-state index in [0.29, 0.717) is 6.04 Å². The molecule has 0 radical (unpaired) electrons. The lowest BCUT2D eigenvalue weighted by molar-refractivity contribution is 0.0446. The van der Waals surface area contributed by atoms with Crippen LogP contribution in [0.2, 0.25) is 0 Å². The Bertz CT molecular complexity index is 233. The second-order valence-electron chi connectivity index (χ2n) is 6.51. The van der Waals surface area contributed by atoms with Crippen molar-refractivity contribution >= 4 is 0 Å². The second-order valence-corrected chi connectivity index (χ2v) is 6.51. The fraction of sp³-hybridized carbons (Fsp3) is 1.00. The van der Waals surface area contributed by atoms with Gasteiger partial charge in [0.2, 0.25) is 0 Å². The molecule has 1 saturated carbocycles. The van der Waals surface area contributed by atoms with Crippen LogP contribution in [0, 0.1) is 11.8 Å². The molecule has 0 aromatic rings. The molecule has 0 spiro atoms. The highest BCUT2D eigenvalue weighted by molar-refractivity contribution is 4.88. The molecular weight excluding hydrogens is 220 g/mol. The topological polar surface area (TPSA) is 29.3 Å². The number of hydrogen-bond donors (Lipinski definition) is 1. The van der Waals surface area contributed by atoms with E-state index in [2.05, 4.69) is 18.7 Å². The van der Waals surface area contributed by atoms with Gasteiger partial charge in [-0.05, 0) is 56.9 Å². The van der Waals surface area contributed by atoms with Gasteiger partial charge < -0.3 is 5.73 Å². The van der Waals surface area contributed by atoms with E-state index in [1.54, 1.807) is 0 Å². The zero-order valence-electron chi connectivity index (χ0n) is 12.4.